The molecule has 25 heavy (non-hydrogen) atoms. The van der Waals surface area contributed by atoms with Crippen molar-refractivity contribution in [3.8, 4) is 5.75 Å². The molecule has 0 radical (unpaired) electrons. The molecule has 0 aliphatic heterocycles. The van der Waals surface area contributed by atoms with E-state index in [0.717, 1.165) is 5.56 Å². The van der Waals surface area contributed by atoms with Gasteiger partial charge in [0.25, 0.3) is 5.69 Å². The minimum atomic E-state index is -0.550. The molecule has 2 aromatic rings. The van der Waals surface area contributed by atoms with Crippen molar-refractivity contribution >= 4 is 17.7 Å². The Morgan fingerprint density at radius 3 is 2.52 bits per heavy atom. The van der Waals surface area contributed by atoms with Gasteiger partial charge in [-0.3, -0.25) is 14.9 Å². The Bertz CT molecular complexity index is 796. The summed E-state index contributed by atoms with van der Waals surface area (Å²) in [5, 5.41) is 23.1. The standard InChI is InChI=1S/C19H20N2O4/c1-13(2)15-6-3-14(4-7-15)5-10-19(23)20-12-16-11-17(21(24)25)8-9-18(16)22/h3-11,13,22H,12H2,1-2H3,(H,20,23)/b10-5+. The minimum absolute atomic E-state index is 0.00295. The van der Waals surface area contributed by atoms with E-state index < -0.39 is 4.92 Å². The van der Waals surface area contributed by atoms with E-state index in [-0.39, 0.29) is 29.5 Å². The molecule has 6 nitrogen and oxygen atoms in total. The van der Waals surface area contributed by atoms with Gasteiger partial charge < -0.3 is 10.4 Å². The highest BCUT2D eigenvalue weighted by Crippen LogP contribution is 2.22. The van der Waals surface area contributed by atoms with Crippen LogP contribution in [0.1, 0.15) is 36.5 Å². The topological polar surface area (TPSA) is 92.5 Å². The first-order valence-electron chi connectivity index (χ1n) is 7.89. The van der Waals surface area contributed by atoms with E-state index in [4.69, 9.17) is 0 Å². The van der Waals surface area contributed by atoms with Gasteiger partial charge in [0.1, 0.15) is 5.75 Å². The predicted octanol–water partition coefficient (Wildman–Crippen LogP) is 3.75. The lowest BCUT2D eigenvalue weighted by Gasteiger charge is -2.06. The number of phenols is 1. The lowest BCUT2D eigenvalue weighted by Crippen LogP contribution is -2.20. The molecule has 0 aliphatic rings. The van der Waals surface area contributed by atoms with Crippen molar-refractivity contribution in [2.45, 2.75) is 26.3 Å². The molecule has 0 fully saturated rings. The highest BCUT2D eigenvalue weighted by atomic mass is 16.6. The first-order chi connectivity index (χ1) is 11.9. The van der Waals surface area contributed by atoms with Crippen LogP contribution in [-0.2, 0) is 11.3 Å². The quantitative estimate of drug-likeness (QED) is 0.476. The molecule has 0 aliphatic carbocycles. The number of nitrogens with one attached hydrogen (secondary N) is 1. The lowest BCUT2D eigenvalue weighted by molar-refractivity contribution is -0.384. The van der Waals surface area contributed by atoms with E-state index in [9.17, 15) is 20.0 Å². The third-order valence-electron chi connectivity index (χ3n) is 3.76. The Labute approximate surface area is 146 Å². The van der Waals surface area contributed by atoms with Gasteiger partial charge in [-0.05, 0) is 29.2 Å². The van der Waals surface area contributed by atoms with Crippen molar-refractivity contribution in [3.05, 3.63) is 75.3 Å². The molecular formula is C19H20N2O4. The molecule has 6 heteroatoms. The van der Waals surface area contributed by atoms with Gasteiger partial charge in [-0.2, -0.15) is 0 Å². The smallest absolute Gasteiger partial charge is 0.270 e. The van der Waals surface area contributed by atoms with Crippen LogP contribution in [0.5, 0.6) is 5.75 Å². The van der Waals surface area contributed by atoms with Crippen LogP contribution in [0, 0.1) is 10.1 Å². The molecule has 0 spiro atoms. The molecule has 0 bridgehead atoms. The first kappa shape index (κ1) is 18.2. The zero-order valence-electron chi connectivity index (χ0n) is 14.1. The fourth-order valence-electron chi connectivity index (χ4n) is 2.23. The average molecular weight is 340 g/mol. The number of aromatic hydroxyl groups is 1. The van der Waals surface area contributed by atoms with Gasteiger partial charge in [0.05, 0.1) is 4.92 Å². The Kier molecular flexibility index (Phi) is 5.89. The van der Waals surface area contributed by atoms with Crippen molar-refractivity contribution in [1.82, 2.24) is 5.32 Å². The van der Waals surface area contributed by atoms with Crippen molar-refractivity contribution in [1.29, 1.82) is 0 Å². The summed E-state index contributed by atoms with van der Waals surface area (Å²) in [4.78, 5) is 22.1. The second-order valence-corrected chi connectivity index (χ2v) is 5.94. The van der Waals surface area contributed by atoms with Crippen molar-refractivity contribution < 1.29 is 14.8 Å². The van der Waals surface area contributed by atoms with Crippen LogP contribution in [0.2, 0.25) is 0 Å². The van der Waals surface area contributed by atoms with E-state index in [2.05, 4.69) is 19.2 Å². The highest BCUT2D eigenvalue weighted by molar-refractivity contribution is 5.91. The van der Waals surface area contributed by atoms with Crippen LogP contribution in [0.25, 0.3) is 6.08 Å². The van der Waals surface area contributed by atoms with Crippen molar-refractivity contribution in [2.24, 2.45) is 0 Å². The SMILES string of the molecule is CC(C)c1ccc(/C=C/C(=O)NCc2cc([N+](=O)[O-])ccc2O)cc1. The summed E-state index contributed by atoms with van der Waals surface area (Å²) in [6.07, 6.45) is 3.07. The number of nitro benzene ring substituents is 1. The third kappa shape index (κ3) is 5.17. The fourth-order valence-corrected chi connectivity index (χ4v) is 2.23. The average Bonchev–Trinajstić information content (AvgIpc) is 2.59. The molecule has 2 aromatic carbocycles. The van der Waals surface area contributed by atoms with Gasteiger partial charge in [0.15, 0.2) is 0 Å². The van der Waals surface area contributed by atoms with Crippen LogP contribution in [-0.4, -0.2) is 15.9 Å². The summed E-state index contributed by atoms with van der Waals surface area (Å²) >= 11 is 0. The first-order valence-corrected chi connectivity index (χ1v) is 7.89. The molecule has 0 atom stereocenters. The Balaban J connectivity index is 1.96. The van der Waals surface area contributed by atoms with Crippen molar-refractivity contribution in [2.75, 3.05) is 0 Å². The number of carbonyl (C=O) groups excluding carboxylic acids is 1. The number of phenolic OH excluding ortho intramolecular Hbond substituents is 1. The van der Waals surface area contributed by atoms with E-state index in [1.54, 1.807) is 6.08 Å². The van der Waals surface area contributed by atoms with Gasteiger partial charge in [0, 0.05) is 30.3 Å². The maximum absolute atomic E-state index is 11.9. The number of non-ortho nitro benzene ring substituents is 1. The van der Waals surface area contributed by atoms with Crippen LogP contribution >= 0.6 is 0 Å². The molecular weight excluding hydrogens is 320 g/mol. The van der Waals surface area contributed by atoms with Gasteiger partial charge >= 0.3 is 0 Å². The summed E-state index contributed by atoms with van der Waals surface area (Å²) in [5.41, 5.74) is 2.28. The largest absolute Gasteiger partial charge is 0.508 e. The summed E-state index contributed by atoms with van der Waals surface area (Å²) < 4.78 is 0. The third-order valence-corrected chi connectivity index (χ3v) is 3.76. The molecule has 1 amide bonds. The summed E-state index contributed by atoms with van der Waals surface area (Å²) in [5.74, 6) is 0.00179. The van der Waals surface area contributed by atoms with Gasteiger partial charge in [-0.25, -0.2) is 0 Å². The number of carbonyl (C=O) groups is 1. The lowest BCUT2D eigenvalue weighted by atomic mass is 10.0. The van der Waals surface area contributed by atoms with Crippen LogP contribution in [0.3, 0.4) is 0 Å². The number of benzene rings is 2. The summed E-state index contributed by atoms with van der Waals surface area (Å²) in [7, 11) is 0. The summed E-state index contributed by atoms with van der Waals surface area (Å²) in [6.45, 7) is 4.23. The normalized spacial score (nSPS) is 11.0. The second-order valence-electron chi connectivity index (χ2n) is 5.94. The number of nitrogens with zero attached hydrogens (tertiary/aromatic N) is 1. The van der Waals surface area contributed by atoms with Crippen LogP contribution in [0.4, 0.5) is 5.69 Å². The second kappa shape index (κ2) is 8.10. The number of amides is 1. The maximum atomic E-state index is 11.9. The maximum Gasteiger partial charge on any atom is 0.270 e. The molecule has 2 rings (SSSR count). The fraction of sp³-hybridized carbons (Fsp3) is 0.211. The molecule has 0 aromatic heterocycles. The Morgan fingerprint density at radius 2 is 1.92 bits per heavy atom. The Hall–Kier alpha value is -3.15. The molecule has 0 heterocycles. The number of hydrogen-bond acceptors (Lipinski definition) is 4. The number of rotatable bonds is 6. The predicted molar refractivity (Wildman–Crippen MR) is 96.2 cm³/mol. The molecule has 0 saturated heterocycles. The molecule has 130 valence electrons. The van der Waals surface area contributed by atoms with Gasteiger partial charge in [0.2, 0.25) is 5.91 Å². The van der Waals surface area contributed by atoms with Gasteiger partial charge in [-0.15, -0.1) is 0 Å². The van der Waals surface area contributed by atoms with Gasteiger partial charge in [-0.1, -0.05) is 38.1 Å². The van der Waals surface area contributed by atoms with E-state index >= 15 is 0 Å². The molecule has 0 saturated carbocycles. The van der Waals surface area contributed by atoms with Crippen LogP contribution in [0.15, 0.2) is 48.5 Å². The number of nitro groups is 1. The zero-order valence-corrected chi connectivity index (χ0v) is 14.1. The number of hydrogen-bond donors (Lipinski definition) is 2. The summed E-state index contributed by atoms with van der Waals surface area (Å²) in [6, 6.07) is 11.6. The van der Waals surface area contributed by atoms with Crippen molar-refractivity contribution in [3.63, 3.8) is 0 Å². The van der Waals surface area contributed by atoms with Crippen LogP contribution < -0.4 is 5.32 Å². The molecule has 2 N–H and O–H groups in total. The zero-order chi connectivity index (χ0) is 18.4. The monoisotopic (exact) mass is 340 g/mol. The highest BCUT2D eigenvalue weighted by Gasteiger charge is 2.10. The van der Waals surface area contributed by atoms with E-state index in [0.29, 0.717) is 5.92 Å². The van der Waals surface area contributed by atoms with E-state index in [1.165, 1.54) is 29.8 Å². The molecule has 0 unspecified atom stereocenters. The minimum Gasteiger partial charge on any atom is -0.508 e. The Morgan fingerprint density at radius 1 is 1.24 bits per heavy atom. The van der Waals surface area contributed by atoms with E-state index in [1.807, 2.05) is 24.3 Å².